The summed E-state index contributed by atoms with van der Waals surface area (Å²) in [5.74, 6) is -0.476. The molecule has 3 aromatic rings. The monoisotopic (exact) mass is 424 g/mol. The van der Waals surface area contributed by atoms with Gasteiger partial charge in [0.2, 0.25) is 5.91 Å². The molecule has 1 atom stereocenters. The van der Waals surface area contributed by atoms with Crippen LogP contribution in [0.15, 0.2) is 54.2 Å². The second-order valence-electron chi connectivity index (χ2n) is 7.13. The van der Waals surface area contributed by atoms with Crippen LogP contribution in [0.1, 0.15) is 46.9 Å². The van der Waals surface area contributed by atoms with Gasteiger partial charge in [-0.25, -0.2) is 9.37 Å². The van der Waals surface area contributed by atoms with E-state index in [1.807, 2.05) is 11.0 Å². The Bertz CT molecular complexity index is 1010. The first-order valence-electron chi connectivity index (χ1n) is 9.81. The van der Waals surface area contributed by atoms with Crippen LogP contribution in [0.5, 0.6) is 0 Å². The molecule has 3 heterocycles. The van der Waals surface area contributed by atoms with Gasteiger partial charge in [0.15, 0.2) is 5.13 Å². The maximum Gasteiger partial charge on any atom is 0.259 e. The van der Waals surface area contributed by atoms with Crippen molar-refractivity contribution >= 4 is 28.3 Å². The number of hydrogen-bond donors (Lipinski definition) is 1. The van der Waals surface area contributed by atoms with E-state index in [0.29, 0.717) is 30.1 Å². The molecule has 0 unspecified atom stereocenters. The van der Waals surface area contributed by atoms with E-state index in [1.54, 1.807) is 29.8 Å². The van der Waals surface area contributed by atoms with Crippen LogP contribution in [0.2, 0.25) is 0 Å². The molecule has 0 saturated carbocycles. The highest BCUT2D eigenvalue weighted by atomic mass is 32.1. The number of benzene rings is 1. The largest absolute Gasteiger partial charge is 0.334 e. The first kappa shape index (κ1) is 20.2. The Morgan fingerprint density at radius 2 is 2.00 bits per heavy atom. The zero-order valence-electron chi connectivity index (χ0n) is 16.3. The molecule has 0 aliphatic carbocycles. The van der Waals surface area contributed by atoms with Crippen LogP contribution in [0.25, 0.3) is 0 Å². The molecule has 1 aliphatic heterocycles. The molecule has 2 aromatic heterocycles. The maximum atomic E-state index is 13.0. The molecule has 30 heavy (non-hydrogen) atoms. The molecule has 1 saturated heterocycles. The second kappa shape index (κ2) is 9.13. The molecule has 0 spiro atoms. The van der Waals surface area contributed by atoms with Gasteiger partial charge in [0.1, 0.15) is 5.82 Å². The molecule has 1 N–H and O–H groups in total. The van der Waals surface area contributed by atoms with Gasteiger partial charge in [-0.15, -0.1) is 11.3 Å². The minimum atomic E-state index is -0.278. The van der Waals surface area contributed by atoms with E-state index in [2.05, 4.69) is 15.3 Å². The number of nitrogens with one attached hydrogen (secondary N) is 1. The summed E-state index contributed by atoms with van der Waals surface area (Å²) in [7, 11) is 0. The molecule has 4 rings (SSSR count). The van der Waals surface area contributed by atoms with Gasteiger partial charge in [0, 0.05) is 30.7 Å². The first-order chi connectivity index (χ1) is 14.6. The molecular formula is C22H21FN4O2S. The van der Waals surface area contributed by atoms with Gasteiger partial charge in [0.25, 0.3) is 5.91 Å². The second-order valence-corrected chi connectivity index (χ2v) is 8.03. The summed E-state index contributed by atoms with van der Waals surface area (Å²) in [6.45, 7) is 0.695. The molecule has 154 valence electrons. The first-order valence-corrected chi connectivity index (χ1v) is 10.7. The minimum Gasteiger partial charge on any atom is -0.334 e. The number of likely N-dealkylation sites (tertiary alicyclic amines) is 1. The van der Waals surface area contributed by atoms with Crippen molar-refractivity contribution in [1.29, 1.82) is 0 Å². The van der Waals surface area contributed by atoms with Crippen molar-refractivity contribution in [2.24, 2.45) is 0 Å². The summed E-state index contributed by atoms with van der Waals surface area (Å²) in [5, 5.41) is 5.06. The number of aryl methyl sites for hydroxylation is 1. The van der Waals surface area contributed by atoms with Gasteiger partial charge in [-0.05, 0) is 49.1 Å². The van der Waals surface area contributed by atoms with Crippen molar-refractivity contribution in [3.8, 4) is 0 Å². The lowest BCUT2D eigenvalue weighted by molar-refractivity contribution is -0.132. The molecule has 8 heteroatoms. The van der Waals surface area contributed by atoms with E-state index in [-0.39, 0.29) is 23.7 Å². The Balaban J connectivity index is 1.38. The number of carbonyl (C=O) groups excluding carboxylic acids is 2. The molecule has 6 nitrogen and oxygen atoms in total. The number of carbonyl (C=O) groups is 2. The van der Waals surface area contributed by atoms with E-state index >= 15 is 0 Å². The lowest BCUT2D eigenvalue weighted by Gasteiger charge is -2.24. The minimum absolute atomic E-state index is 0.0641. The quantitative estimate of drug-likeness (QED) is 0.643. The number of anilines is 1. The van der Waals surface area contributed by atoms with E-state index in [1.165, 1.54) is 29.7 Å². The normalized spacial score (nSPS) is 15.9. The Morgan fingerprint density at radius 3 is 2.70 bits per heavy atom. The van der Waals surface area contributed by atoms with Crippen molar-refractivity contribution in [1.82, 2.24) is 14.9 Å². The smallest absolute Gasteiger partial charge is 0.259 e. The standard InChI is InChI=1S/C22H21FN4O2S/c23-17-7-3-15(4-8-17)5-10-20(28)27-12-1-2-19(27)18-9-6-16(14-25-18)21(29)26-22-24-11-13-30-22/h3-4,6-9,11,13-14,19H,1-2,5,10,12H2,(H,24,26,29)/t19-/m0/s1. The van der Waals surface area contributed by atoms with Gasteiger partial charge in [0.05, 0.1) is 17.3 Å². The highest BCUT2D eigenvalue weighted by Gasteiger charge is 2.30. The highest BCUT2D eigenvalue weighted by Crippen LogP contribution is 2.31. The maximum absolute atomic E-state index is 13.0. The number of aromatic nitrogens is 2. The average molecular weight is 425 g/mol. The van der Waals surface area contributed by atoms with Crippen molar-refractivity contribution in [3.05, 3.63) is 76.8 Å². The lowest BCUT2D eigenvalue weighted by atomic mass is 10.1. The van der Waals surface area contributed by atoms with Crippen LogP contribution in [0.4, 0.5) is 9.52 Å². The summed E-state index contributed by atoms with van der Waals surface area (Å²) in [5.41, 5.74) is 2.17. The van der Waals surface area contributed by atoms with Crippen molar-refractivity contribution in [3.63, 3.8) is 0 Å². The summed E-state index contributed by atoms with van der Waals surface area (Å²) in [6.07, 6.45) is 5.88. The Morgan fingerprint density at radius 1 is 1.17 bits per heavy atom. The highest BCUT2D eigenvalue weighted by molar-refractivity contribution is 7.13. The van der Waals surface area contributed by atoms with Crippen molar-refractivity contribution in [2.75, 3.05) is 11.9 Å². The van der Waals surface area contributed by atoms with Crippen LogP contribution in [-0.2, 0) is 11.2 Å². The van der Waals surface area contributed by atoms with E-state index < -0.39 is 0 Å². The SMILES string of the molecule is O=C(Nc1nccs1)c1ccc([C@@H]2CCCN2C(=O)CCc2ccc(F)cc2)nc1. The Labute approximate surface area is 177 Å². The molecule has 1 fully saturated rings. The third kappa shape index (κ3) is 4.71. The number of halogens is 1. The van der Waals surface area contributed by atoms with Crippen LogP contribution >= 0.6 is 11.3 Å². The fourth-order valence-electron chi connectivity index (χ4n) is 3.61. The van der Waals surface area contributed by atoms with Gasteiger partial charge in [-0.2, -0.15) is 0 Å². The lowest BCUT2D eigenvalue weighted by Crippen LogP contribution is -2.31. The number of thiazole rings is 1. The number of amides is 2. The van der Waals surface area contributed by atoms with Crippen molar-refractivity contribution in [2.45, 2.75) is 31.7 Å². The van der Waals surface area contributed by atoms with Crippen LogP contribution in [0.3, 0.4) is 0 Å². The number of nitrogens with zero attached hydrogens (tertiary/aromatic N) is 3. The zero-order chi connectivity index (χ0) is 20.9. The Hall–Kier alpha value is -3.13. The van der Waals surface area contributed by atoms with Crippen LogP contribution in [0, 0.1) is 5.82 Å². The number of rotatable bonds is 6. The van der Waals surface area contributed by atoms with E-state index in [9.17, 15) is 14.0 Å². The third-order valence-corrected chi connectivity index (χ3v) is 5.85. The average Bonchev–Trinajstić information content (AvgIpc) is 3.45. The number of pyridine rings is 1. The van der Waals surface area contributed by atoms with Gasteiger partial charge >= 0.3 is 0 Å². The summed E-state index contributed by atoms with van der Waals surface area (Å²) >= 11 is 1.35. The molecule has 2 amide bonds. The Kier molecular flexibility index (Phi) is 6.13. The predicted molar refractivity (Wildman–Crippen MR) is 113 cm³/mol. The van der Waals surface area contributed by atoms with E-state index in [4.69, 9.17) is 0 Å². The van der Waals surface area contributed by atoms with E-state index in [0.717, 1.165) is 24.1 Å². The molecular weight excluding hydrogens is 403 g/mol. The van der Waals surface area contributed by atoms with Crippen molar-refractivity contribution < 1.29 is 14.0 Å². The molecule has 0 bridgehead atoms. The van der Waals surface area contributed by atoms with Crippen LogP contribution in [-0.4, -0.2) is 33.2 Å². The number of hydrogen-bond acceptors (Lipinski definition) is 5. The molecule has 1 aromatic carbocycles. The van der Waals surface area contributed by atoms with Gasteiger partial charge in [-0.1, -0.05) is 12.1 Å². The predicted octanol–water partition coefficient (Wildman–Crippen LogP) is 4.23. The third-order valence-electron chi connectivity index (χ3n) is 5.16. The molecule has 1 aliphatic rings. The van der Waals surface area contributed by atoms with Gasteiger partial charge < -0.3 is 4.90 Å². The zero-order valence-corrected chi connectivity index (χ0v) is 17.1. The van der Waals surface area contributed by atoms with Gasteiger partial charge in [-0.3, -0.25) is 19.9 Å². The van der Waals surface area contributed by atoms with Crippen LogP contribution < -0.4 is 5.32 Å². The fraction of sp³-hybridized carbons (Fsp3) is 0.273. The molecule has 0 radical (unpaired) electrons. The summed E-state index contributed by atoms with van der Waals surface area (Å²) in [4.78, 5) is 35.4. The summed E-state index contributed by atoms with van der Waals surface area (Å²) in [6, 6.07) is 9.70. The summed E-state index contributed by atoms with van der Waals surface area (Å²) < 4.78 is 13.0. The topological polar surface area (TPSA) is 75.2 Å². The fourth-order valence-corrected chi connectivity index (χ4v) is 4.13.